The van der Waals surface area contributed by atoms with Crippen molar-refractivity contribution in [2.24, 2.45) is 21.5 Å². The zero-order valence-electron chi connectivity index (χ0n) is 19.9. The van der Waals surface area contributed by atoms with Gasteiger partial charge in [0.1, 0.15) is 5.84 Å². The third-order valence-corrected chi connectivity index (χ3v) is 6.78. The van der Waals surface area contributed by atoms with Crippen molar-refractivity contribution < 1.29 is 13.5 Å². The number of aryl methyl sites for hydroxylation is 1. The van der Waals surface area contributed by atoms with E-state index < -0.39 is 17.8 Å². The van der Waals surface area contributed by atoms with Gasteiger partial charge in [0.25, 0.3) is 0 Å². The van der Waals surface area contributed by atoms with Crippen LogP contribution in [0.3, 0.4) is 0 Å². The summed E-state index contributed by atoms with van der Waals surface area (Å²) in [6.45, 7) is 3.41. The molecule has 2 atom stereocenters. The Morgan fingerprint density at radius 3 is 2.69 bits per heavy atom. The van der Waals surface area contributed by atoms with Crippen LogP contribution >= 0.6 is 0 Å². The van der Waals surface area contributed by atoms with E-state index in [1.165, 1.54) is 12.3 Å². The van der Waals surface area contributed by atoms with Gasteiger partial charge in [0, 0.05) is 23.8 Å². The Morgan fingerprint density at radius 2 is 2.00 bits per heavy atom. The molecular weight excluding hydrogens is 456 g/mol. The topological polar surface area (TPSA) is 134 Å². The molecule has 5 rings (SSSR count). The van der Waals surface area contributed by atoms with E-state index in [1.54, 1.807) is 13.8 Å². The number of nitrogens with one attached hydrogen (secondary N) is 1. The van der Waals surface area contributed by atoms with E-state index in [0.717, 1.165) is 48.0 Å². The summed E-state index contributed by atoms with van der Waals surface area (Å²) in [6.07, 6.45) is 4.21. The Morgan fingerprint density at radius 1 is 1.20 bits per heavy atom. The summed E-state index contributed by atoms with van der Waals surface area (Å²) in [7, 11) is 0. The zero-order valence-corrected chi connectivity index (χ0v) is 19.9. The molecule has 2 aliphatic heterocycles. The van der Waals surface area contributed by atoms with Crippen LogP contribution in [0.1, 0.15) is 62.8 Å². The maximum absolute atomic E-state index is 13.1. The van der Waals surface area contributed by atoms with Crippen molar-refractivity contribution in [1.29, 1.82) is 0 Å². The van der Waals surface area contributed by atoms with Crippen LogP contribution in [-0.2, 0) is 10.2 Å². The van der Waals surface area contributed by atoms with Crippen LogP contribution in [0, 0.1) is 6.92 Å². The highest BCUT2D eigenvalue weighted by atomic mass is 19.3. The van der Waals surface area contributed by atoms with Crippen molar-refractivity contribution in [3.8, 4) is 0 Å². The fourth-order valence-corrected chi connectivity index (χ4v) is 4.52. The summed E-state index contributed by atoms with van der Waals surface area (Å²) in [5.74, 6) is -1.09. The highest BCUT2D eigenvalue weighted by Gasteiger charge is 2.47. The molecule has 1 aromatic carbocycles. The highest BCUT2D eigenvalue weighted by molar-refractivity contribution is 6.11. The predicted octanol–water partition coefficient (Wildman–Crippen LogP) is 2.89. The molecule has 0 bridgehead atoms. The number of hydrogen-bond acceptors (Lipinski definition) is 8. The summed E-state index contributed by atoms with van der Waals surface area (Å²) in [5, 5.41) is 12.7. The first-order valence-corrected chi connectivity index (χ1v) is 11.5. The number of guanidine groups is 1. The fraction of sp³-hybridized carbons (Fsp3) is 0.478. The molecule has 1 saturated heterocycles. The number of nitrogens with two attached hydrogens (primary N) is 2. The summed E-state index contributed by atoms with van der Waals surface area (Å²) in [4.78, 5) is 9.04. The van der Waals surface area contributed by atoms with E-state index in [0.29, 0.717) is 16.2 Å². The first-order valence-electron chi connectivity index (χ1n) is 11.5. The second-order valence-electron chi connectivity index (χ2n) is 9.48. The third-order valence-electron chi connectivity index (χ3n) is 6.78. The van der Waals surface area contributed by atoms with Crippen LogP contribution in [0.2, 0.25) is 0 Å². The normalized spacial score (nSPS) is 23.3. The van der Waals surface area contributed by atoms with Gasteiger partial charge >= 0.3 is 6.55 Å². The zero-order chi connectivity index (χ0) is 25.0. The number of amidine groups is 1. The standard InChI is InChI=1S/C23H29F2N9O/c1-13-15-12-14(7-8-16(15)34(31-13)18-6-4-5-11-35-18)19-28-21(26)30-23(27,29-19)22(2,3)17-9-10-33(32-17)20(24)25/h7-10,12,18,20H,4-6,11,27H2,1-3H3,(H3,26,28,29,30). The lowest BCUT2D eigenvalue weighted by Crippen LogP contribution is -2.59. The molecule has 1 fully saturated rings. The maximum atomic E-state index is 13.1. The lowest BCUT2D eigenvalue weighted by Gasteiger charge is -2.39. The molecular formula is C23H29F2N9O. The molecule has 3 aromatic rings. The number of aliphatic imine (C=N–C) groups is 2. The van der Waals surface area contributed by atoms with Crippen LogP contribution in [0.25, 0.3) is 10.9 Å². The van der Waals surface area contributed by atoms with E-state index in [4.69, 9.17) is 26.3 Å². The van der Waals surface area contributed by atoms with Gasteiger partial charge < -0.3 is 15.8 Å². The van der Waals surface area contributed by atoms with Gasteiger partial charge in [-0.25, -0.2) is 19.3 Å². The number of rotatable bonds is 5. The molecule has 0 spiro atoms. The molecule has 4 heterocycles. The molecule has 5 N–H and O–H groups in total. The van der Waals surface area contributed by atoms with Crippen molar-refractivity contribution >= 4 is 22.7 Å². The van der Waals surface area contributed by atoms with Crippen molar-refractivity contribution in [3.63, 3.8) is 0 Å². The fourth-order valence-electron chi connectivity index (χ4n) is 4.52. The molecule has 2 aliphatic rings. The summed E-state index contributed by atoms with van der Waals surface area (Å²) in [5.41, 5.74) is 14.6. The number of nitrogens with zero attached hydrogens (tertiary/aromatic N) is 6. The number of fused-ring (bicyclic) bond motifs is 1. The lowest BCUT2D eigenvalue weighted by molar-refractivity contribution is -0.0368. The number of aromatic nitrogens is 4. The van der Waals surface area contributed by atoms with Crippen molar-refractivity contribution in [2.75, 3.05) is 6.61 Å². The van der Waals surface area contributed by atoms with E-state index in [9.17, 15) is 8.78 Å². The number of hydrogen-bond donors (Lipinski definition) is 3. The second-order valence-corrected chi connectivity index (χ2v) is 9.48. The molecule has 2 aromatic heterocycles. The maximum Gasteiger partial charge on any atom is 0.333 e. The Labute approximate surface area is 201 Å². The van der Waals surface area contributed by atoms with Crippen LogP contribution in [0.15, 0.2) is 40.4 Å². The Hall–Kier alpha value is -3.38. The Bertz CT molecular complexity index is 1320. The van der Waals surface area contributed by atoms with Gasteiger partial charge in [-0.15, -0.1) is 0 Å². The number of halogens is 2. The van der Waals surface area contributed by atoms with Gasteiger partial charge in [-0.3, -0.25) is 5.73 Å². The van der Waals surface area contributed by atoms with Crippen molar-refractivity contribution in [2.45, 2.75) is 64.0 Å². The van der Waals surface area contributed by atoms with Crippen LogP contribution in [0.4, 0.5) is 8.78 Å². The van der Waals surface area contributed by atoms with Gasteiger partial charge in [-0.05, 0) is 64.3 Å². The molecule has 35 heavy (non-hydrogen) atoms. The van der Waals surface area contributed by atoms with Crippen LogP contribution < -0.4 is 16.8 Å². The monoisotopic (exact) mass is 485 g/mol. The van der Waals surface area contributed by atoms with Crippen LogP contribution in [0.5, 0.6) is 0 Å². The van der Waals surface area contributed by atoms with E-state index in [2.05, 4.69) is 15.4 Å². The molecule has 0 saturated carbocycles. The molecule has 0 radical (unpaired) electrons. The van der Waals surface area contributed by atoms with Crippen LogP contribution in [-0.4, -0.2) is 43.7 Å². The molecule has 10 nitrogen and oxygen atoms in total. The van der Waals surface area contributed by atoms with Gasteiger partial charge in [0.15, 0.2) is 12.2 Å². The Kier molecular flexibility index (Phi) is 5.59. The molecule has 0 aliphatic carbocycles. The minimum absolute atomic E-state index is 0.0713. The average Bonchev–Trinajstić information content (AvgIpc) is 3.45. The van der Waals surface area contributed by atoms with Gasteiger partial charge in [0.05, 0.1) is 22.3 Å². The summed E-state index contributed by atoms with van der Waals surface area (Å²) >= 11 is 0. The van der Waals surface area contributed by atoms with Gasteiger partial charge in [-0.1, -0.05) is 0 Å². The summed E-state index contributed by atoms with van der Waals surface area (Å²) < 4.78 is 34.6. The molecule has 0 amide bonds. The first-order chi connectivity index (χ1) is 16.6. The molecule has 186 valence electrons. The summed E-state index contributed by atoms with van der Waals surface area (Å²) in [6, 6.07) is 7.34. The highest BCUT2D eigenvalue weighted by Crippen LogP contribution is 2.36. The number of ether oxygens (including phenoxy) is 1. The quantitative estimate of drug-likeness (QED) is 0.509. The smallest absolute Gasteiger partial charge is 0.333 e. The van der Waals surface area contributed by atoms with Crippen molar-refractivity contribution in [1.82, 2.24) is 24.9 Å². The van der Waals surface area contributed by atoms with E-state index in [1.807, 2.05) is 29.8 Å². The van der Waals surface area contributed by atoms with Gasteiger partial charge in [0.2, 0.25) is 5.79 Å². The van der Waals surface area contributed by atoms with Crippen molar-refractivity contribution in [3.05, 3.63) is 47.4 Å². The van der Waals surface area contributed by atoms with E-state index in [-0.39, 0.29) is 12.2 Å². The van der Waals surface area contributed by atoms with E-state index >= 15 is 0 Å². The second kappa shape index (κ2) is 8.38. The average molecular weight is 486 g/mol. The largest absolute Gasteiger partial charge is 0.370 e. The third kappa shape index (κ3) is 3.96. The molecule has 2 unspecified atom stereocenters. The minimum Gasteiger partial charge on any atom is -0.370 e. The number of benzene rings is 1. The number of alkyl halides is 2. The first kappa shape index (κ1) is 23.4. The van der Waals surface area contributed by atoms with Gasteiger partial charge in [-0.2, -0.15) is 19.0 Å². The predicted molar refractivity (Wildman–Crippen MR) is 128 cm³/mol. The lowest BCUT2D eigenvalue weighted by atomic mass is 9.81. The SMILES string of the molecule is Cc1nn(C2CCCCO2)c2ccc(C3=NC(N)(C(C)(C)c4ccn(C(F)F)n4)N=C(N)N3)cc12. The molecule has 12 heteroatoms. The Balaban J connectivity index is 1.53. The minimum atomic E-state index is -2.76.